The summed E-state index contributed by atoms with van der Waals surface area (Å²) in [6, 6.07) is 24.3. The minimum Gasteiger partial charge on any atom is -0.493 e. The molecule has 1 N–H and O–H groups in total. The molecule has 0 unspecified atom stereocenters. The van der Waals surface area contributed by atoms with E-state index in [1.165, 1.54) is 7.11 Å². The fourth-order valence-corrected chi connectivity index (χ4v) is 4.00. The van der Waals surface area contributed by atoms with E-state index < -0.39 is 6.09 Å². The third kappa shape index (κ3) is 7.26. The Bertz CT molecular complexity index is 1450. The largest absolute Gasteiger partial charge is 0.493 e. The number of ether oxygens (including phenoxy) is 3. The molecule has 0 atom stereocenters. The van der Waals surface area contributed by atoms with Gasteiger partial charge in [-0.3, -0.25) is 5.32 Å². The molecule has 0 spiro atoms. The Morgan fingerprint density at radius 3 is 2.38 bits per heavy atom. The van der Waals surface area contributed by atoms with E-state index in [1.807, 2.05) is 49.4 Å². The number of nitrogens with zero attached hydrogens (tertiary/aromatic N) is 2. The number of methoxy groups -OCH3 is 1. The van der Waals surface area contributed by atoms with Gasteiger partial charge in [0, 0.05) is 11.3 Å². The molecule has 3 aromatic carbocycles. The summed E-state index contributed by atoms with van der Waals surface area (Å²) < 4.78 is 18.7. The molecule has 0 aliphatic rings. The van der Waals surface area contributed by atoms with E-state index in [1.54, 1.807) is 54.6 Å². The molecule has 7 heteroatoms. The second-order valence-corrected chi connectivity index (χ2v) is 8.43. The van der Waals surface area contributed by atoms with Crippen molar-refractivity contribution in [3.8, 4) is 28.5 Å². The summed E-state index contributed by atoms with van der Waals surface area (Å²) in [7, 11) is 1.52. The van der Waals surface area contributed by atoms with Gasteiger partial charge in [0.2, 0.25) is 0 Å². The van der Waals surface area contributed by atoms with E-state index in [9.17, 15) is 4.79 Å². The summed E-state index contributed by atoms with van der Waals surface area (Å²) >= 11 is 0. The van der Waals surface area contributed by atoms with E-state index in [0.29, 0.717) is 36.1 Å². The molecule has 198 valence electrons. The Kier molecular flexibility index (Phi) is 9.34. The highest BCUT2D eigenvalue weighted by Crippen LogP contribution is 2.28. The molecule has 0 aliphatic carbocycles. The van der Waals surface area contributed by atoms with Crippen molar-refractivity contribution >= 4 is 17.9 Å². The average molecular weight is 522 g/mol. The number of para-hydroxylation sites is 2. The number of anilines is 1. The van der Waals surface area contributed by atoms with Crippen LogP contribution in [0.1, 0.15) is 11.5 Å². The van der Waals surface area contributed by atoms with Crippen molar-refractivity contribution in [3.63, 3.8) is 0 Å². The highest BCUT2D eigenvalue weighted by molar-refractivity contribution is 5.86. The fraction of sp³-hybridized carbons (Fsp3) is 0.125. The highest BCUT2D eigenvalue weighted by Gasteiger charge is 2.15. The zero-order valence-corrected chi connectivity index (χ0v) is 22.0. The van der Waals surface area contributed by atoms with Gasteiger partial charge in [0.1, 0.15) is 18.2 Å². The van der Waals surface area contributed by atoms with Crippen LogP contribution in [0.25, 0.3) is 17.3 Å². The number of nitrogens with one attached hydrogen (secondary N) is 1. The number of rotatable bonds is 11. The first-order chi connectivity index (χ1) is 19.1. The van der Waals surface area contributed by atoms with Crippen LogP contribution in [-0.4, -0.2) is 29.4 Å². The number of hydrogen-bond acceptors (Lipinski definition) is 5. The van der Waals surface area contributed by atoms with Gasteiger partial charge in [0.15, 0.2) is 11.5 Å². The minimum atomic E-state index is -0.609. The van der Waals surface area contributed by atoms with Gasteiger partial charge in [-0.15, -0.1) is 0 Å². The molecular formula is C32H31N3O4. The van der Waals surface area contributed by atoms with Crippen LogP contribution in [0.4, 0.5) is 10.5 Å². The second-order valence-electron chi connectivity index (χ2n) is 8.43. The number of carbonyl (C=O) groups is 1. The van der Waals surface area contributed by atoms with Gasteiger partial charge < -0.3 is 18.8 Å². The van der Waals surface area contributed by atoms with Crippen molar-refractivity contribution in [1.29, 1.82) is 0 Å². The molecule has 0 saturated carbocycles. The average Bonchev–Trinajstić information content (AvgIpc) is 3.27. The Morgan fingerprint density at radius 1 is 0.949 bits per heavy atom. The fourth-order valence-electron chi connectivity index (χ4n) is 4.00. The summed E-state index contributed by atoms with van der Waals surface area (Å²) in [5.74, 6) is 2.41. The van der Waals surface area contributed by atoms with Crippen LogP contribution in [0.2, 0.25) is 0 Å². The van der Waals surface area contributed by atoms with Crippen LogP contribution in [0.3, 0.4) is 0 Å². The standard InChI is InChI=1S/C32H31N3O4/c1-4-5-6-10-15-28-31(25-13-8-7-9-14-25)35(24(2)33-28)22-23-38-27-20-18-26(19-21-27)34-32(36)39-30-17-12-11-16-29(30)37-3/h4-21H,1,22-23H2,2-3H3,(H,34,36)/b6-5-,15-10+. The molecule has 4 rings (SSSR count). The molecule has 0 bridgehead atoms. The maximum atomic E-state index is 12.3. The molecule has 4 aromatic rings. The molecule has 7 nitrogen and oxygen atoms in total. The first-order valence-corrected chi connectivity index (χ1v) is 12.5. The third-order valence-electron chi connectivity index (χ3n) is 5.80. The van der Waals surface area contributed by atoms with Gasteiger partial charge in [-0.1, -0.05) is 73.3 Å². The number of amides is 1. The van der Waals surface area contributed by atoms with Gasteiger partial charge >= 0.3 is 6.09 Å². The number of hydrogen-bond donors (Lipinski definition) is 1. The Balaban J connectivity index is 1.39. The quantitative estimate of drug-likeness (QED) is 0.209. The molecule has 0 fully saturated rings. The number of carbonyl (C=O) groups excluding carboxylic acids is 1. The number of aromatic nitrogens is 2. The first-order valence-electron chi connectivity index (χ1n) is 12.5. The maximum Gasteiger partial charge on any atom is 0.417 e. The van der Waals surface area contributed by atoms with Gasteiger partial charge in [0.25, 0.3) is 0 Å². The van der Waals surface area contributed by atoms with Crippen molar-refractivity contribution in [2.45, 2.75) is 13.5 Å². The monoisotopic (exact) mass is 521 g/mol. The number of benzene rings is 3. The normalized spacial score (nSPS) is 11.0. The Hall–Kier alpha value is -5.04. The Labute approximate surface area is 228 Å². The van der Waals surface area contributed by atoms with Crippen molar-refractivity contribution < 1.29 is 19.0 Å². The number of imidazole rings is 1. The van der Waals surface area contributed by atoms with Crippen LogP contribution < -0.4 is 19.5 Å². The lowest BCUT2D eigenvalue weighted by Gasteiger charge is -2.13. The van der Waals surface area contributed by atoms with Crippen LogP contribution >= 0.6 is 0 Å². The van der Waals surface area contributed by atoms with Crippen molar-refractivity contribution in [3.05, 3.63) is 121 Å². The maximum absolute atomic E-state index is 12.3. The van der Waals surface area contributed by atoms with Crippen molar-refractivity contribution in [1.82, 2.24) is 9.55 Å². The number of aryl methyl sites for hydroxylation is 1. The molecule has 0 radical (unpaired) electrons. The zero-order chi connectivity index (χ0) is 27.5. The van der Waals surface area contributed by atoms with Crippen LogP contribution in [-0.2, 0) is 6.54 Å². The topological polar surface area (TPSA) is 74.6 Å². The van der Waals surface area contributed by atoms with E-state index in [-0.39, 0.29) is 0 Å². The van der Waals surface area contributed by atoms with Gasteiger partial charge in [-0.2, -0.15) is 0 Å². The van der Waals surface area contributed by atoms with E-state index in [0.717, 1.165) is 22.8 Å². The SMILES string of the molecule is C=C/C=C\C=C\c1nc(C)n(CCOc2ccc(NC(=O)Oc3ccccc3OC)cc2)c1-c1ccccc1. The van der Waals surface area contributed by atoms with Crippen LogP contribution in [0.15, 0.2) is 110 Å². The van der Waals surface area contributed by atoms with Gasteiger partial charge in [-0.05, 0) is 49.4 Å². The molecule has 0 aliphatic heterocycles. The molecule has 1 aromatic heterocycles. The lowest BCUT2D eigenvalue weighted by molar-refractivity contribution is 0.213. The summed E-state index contributed by atoms with van der Waals surface area (Å²) in [5.41, 5.74) is 3.60. The minimum absolute atomic E-state index is 0.342. The van der Waals surface area contributed by atoms with E-state index >= 15 is 0 Å². The molecule has 39 heavy (non-hydrogen) atoms. The lowest BCUT2D eigenvalue weighted by Crippen LogP contribution is -2.17. The van der Waals surface area contributed by atoms with E-state index in [2.05, 4.69) is 28.6 Å². The summed E-state index contributed by atoms with van der Waals surface area (Å²) in [6.07, 6.45) is 8.88. The van der Waals surface area contributed by atoms with Gasteiger partial charge in [0.05, 0.1) is 25.0 Å². The van der Waals surface area contributed by atoms with Crippen LogP contribution in [0, 0.1) is 6.92 Å². The summed E-state index contributed by atoms with van der Waals surface area (Å²) in [4.78, 5) is 17.1. The Morgan fingerprint density at radius 2 is 1.67 bits per heavy atom. The zero-order valence-electron chi connectivity index (χ0n) is 22.0. The third-order valence-corrected chi connectivity index (χ3v) is 5.80. The summed E-state index contributed by atoms with van der Waals surface area (Å²) in [5, 5.41) is 2.71. The molecular weight excluding hydrogens is 490 g/mol. The molecule has 0 saturated heterocycles. The molecule has 1 amide bonds. The van der Waals surface area contributed by atoms with Crippen molar-refractivity contribution in [2.24, 2.45) is 0 Å². The first kappa shape index (κ1) is 27.0. The van der Waals surface area contributed by atoms with Crippen LogP contribution in [0.5, 0.6) is 17.2 Å². The predicted molar refractivity (Wildman–Crippen MR) is 155 cm³/mol. The highest BCUT2D eigenvalue weighted by atomic mass is 16.6. The van der Waals surface area contributed by atoms with E-state index in [4.69, 9.17) is 19.2 Å². The smallest absolute Gasteiger partial charge is 0.417 e. The molecule has 1 heterocycles. The van der Waals surface area contributed by atoms with Crippen molar-refractivity contribution in [2.75, 3.05) is 19.0 Å². The second kappa shape index (κ2) is 13.5. The van der Waals surface area contributed by atoms with Gasteiger partial charge in [-0.25, -0.2) is 9.78 Å². The predicted octanol–water partition coefficient (Wildman–Crippen LogP) is 7.31. The number of allylic oxidation sites excluding steroid dienone is 4. The summed E-state index contributed by atoms with van der Waals surface area (Å²) in [6.45, 7) is 6.76. The lowest BCUT2D eigenvalue weighted by atomic mass is 10.1.